The number of ether oxygens (including phenoxy) is 2. The number of aryl methyl sites for hydroxylation is 1. The van der Waals surface area contributed by atoms with Crippen molar-refractivity contribution in [2.24, 2.45) is 11.3 Å². The van der Waals surface area contributed by atoms with E-state index in [1.165, 1.54) is 4.31 Å². The zero-order valence-corrected chi connectivity index (χ0v) is 35.8. The number of phosphoric ester groups is 1. The summed E-state index contributed by atoms with van der Waals surface area (Å²) >= 11 is 0. The van der Waals surface area contributed by atoms with Crippen molar-refractivity contribution in [1.29, 1.82) is 0 Å². The van der Waals surface area contributed by atoms with Crippen LogP contribution in [0.3, 0.4) is 0 Å². The summed E-state index contributed by atoms with van der Waals surface area (Å²) in [6.07, 6.45) is -2.43. The van der Waals surface area contributed by atoms with Crippen LogP contribution in [0, 0.1) is 32.1 Å². The Kier molecular flexibility index (Phi) is 14.1. The molecule has 632 valence electrons. The molecule has 1 saturated heterocycles. The molecule has 4 N–H and O–H groups in total. The summed E-state index contributed by atoms with van der Waals surface area (Å²) in [6, 6.07) is 10.7. The van der Waals surface area contributed by atoms with Gasteiger partial charge in [0.25, 0.3) is 0 Å². The average Bonchev–Trinajstić information content (AvgIpc) is 3.34. The van der Waals surface area contributed by atoms with E-state index in [4.69, 9.17) is 14.0 Å². The van der Waals surface area contributed by atoms with Crippen molar-refractivity contribution in [1.82, 2.24) is 9.62 Å². The van der Waals surface area contributed by atoms with E-state index in [2.05, 4.69) is 10.6 Å². The monoisotopic (exact) mass is 1120 g/mol. The van der Waals surface area contributed by atoms with Gasteiger partial charge in [-0.15, -0.1) is 0 Å². The number of phosphoric acid groups is 1. The van der Waals surface area contributed by atoms with Crippen molar-refractivity contribution < 1.29 is 278 Å². The summed E-state index contributed by atoms with van der Waals surface area (Å²) in [6.45, 7) is 23.9. The highest BCUT2D eigenvalue weighted by Gasteiger charge is 2.53. The molecular weight excluding hydrogens is 717 g/mol. The molecule has 7 atom stereocenters. The normalized spacial score (nSPS) is 21.5. The minimum atomic E-state index is -5.32. The Morgan fingerprint density at radius 3 is 2.15 bits per heavy atom. The van der Waals surface area contributed by atoms with Crippen LogP contribution in [-0.4, -0.2) is 77.7 Å². The minimum absolute atomic E-state index is 0. The Bertz CT molecular complexity index is 1930. The van der Waals surface area contributed by atoms with Gasteiger partial charge in [-0.05, 0) is 101 Å². The molecule has 0 spiro atoms. The molecule has 1 amide bonds. The van der Waals surface area contributed by atoms with Gasteiger partial charge in [0, 0.05) is 274 Å². The lowest BCUT2D eigenvalue weighted by Gasteiger charge is -2.51. The lowest BCUT2D eigenvalue weighted by Crippen LogP contribution is -2.65. The van der Waals surface area contributed by atoms with E-state index in [1.54, 1.807) is 33.0 Å². The Hall–Kier alpha value is -2.51. The first-order valence-corrected chi connectivity index (χ1v) is 21.4. The SMILES string of the molecule is CCC(C(C)(C)C)C(C)(C)N(C[C@@H](OP(=O)(O)O)[C@@](C)(NC(=O)O[C@H]1CC(C)OC1C)C(C)c1ccccc1C)S(=O)(=O)c1ccc(NC)c(C)c1C.[HH].[HH].[HH].[HH].[HH].[HH].[HH].[HH].[HH].[HH].[HH].[HH].[HH].[HH].[HH].[HH].[HH].[HH].[HH].[HH].[HH].[HH].[HH].[HH].[HH].[HH].[HH].[HH].[HH].[HH].[HH].[HH].[HH].[HH].[HH].[HH].[HH].[HH].[HH].[HH].[HH].[HH].[HH].[HH].[HH].[HH].[HH].[HH].[HH].[HH].[HH].[HH].[HH].[HH].[HH].[HH].[HH].[HH].[HH].[HH].[HH].[HH].[HH].[HH].[HH].[HH].[HH].[HH].[HH].[HH].[HH].[HH].[HH].[HH].[HH].[HH].[HH].[HH].[HH].[HH].[HH].[HH].[HH].[HH].[HH].[HH].[HH].[HH].[HH].[HH].[HH].[HH].[HH].[HH].[HH].[HH].[HH].[HH].[HH].[HH].[HH].[HH].[HH].[HH].[HH].[HH].[HH].[HH].[HH].[HH].[HH].[HH].[HH].[HH].[HH].[HH].[HH].[HH].[HH].[HH].[HH].[HH].[HH].[HH].[HH].[HH].[HH].[HH].[HH].[HH].[HH].[HH].[HH].[HH].[HH].[HH].[HH].[HH].[HH].[HH].[HH].[HH].[HH].[HH].[HH].[HH].[HH].[HH].[HH].[HH].[HH].[HH].[HH].[HH].[HH].[HH].[HH].[HH].[HH].[HH].[HH].[HH].[HH].[HH].[HH].[HH]. The highest BCUT2D eigenvalue weighted by atomic mass is 32.2. The van der Waals surface area contributed by atoms with E-state index in [0.29, 0.717) is 18.4 Å². The molecule has 3 rings (SSSR count). The van der Waals surface area contributed by atoms with Gasteiger partial charge in [-0.25, -0.2) is 17.8 Å². The van der Waals surface area contributed by atoms with Crippen LogP contribution in [-0.2, 0) is 28.6 Å². The lowest BCUT2D eigenvalue weighted by molar-refractivity contribution is -0.0118. The molecule has 0 bridgehead atoms. The third-order valence-electron chi connectivity index (χ3n) is 11.5. The van der Waals surface area contributed by atoms with Crippen molar-refractivity contribution in [2.75, 3.05) is 18.9 Å². The number of hydrogen-bond acceptors (Lipinski definition) is 8. The molecular formula is C39H396N3O9PS. The zero-order chi connectivity index (χ0) is 40.5. The van der Waals surface area contributed by atoms with Gasteiger partial charge in [0.05, 0.1) is 22.6 Å². The molecule has 53 heavy (non-hydrogen) atoms. The maximum Gasteiger partial charge on any atom is 0.469 e. The molecule has 2 aromatic carbocycles. The van der Waals surface area contributed by atoms with Crippen LogP contribution in [0.15, 0.2) is 41.3 Å². The summed E-state index contributed by atoms with van der Waals surface area (Å²) in [5.74, 6) is -0.901. The van der Waals surface area contributed by atoms with Gasteiger partial charge in [-0.1, -0.05) is 65.3 Å². The smallest absolute Gasteiger partial charge is 0.443 e. The fourth-order valence-electron chi connectivity index (χ4n) is 8.52. The molecule has 1 aliphatic rings. The molecule has 12 nitrogen and oxygen atoms in total. The third kappa shape index (κ3) is 10.0. The molecule has 1 aliphatic heterocycles. The number of sulfonamides is 1. The van der Waals surface area contributed by atoms with Crippen LogP contribution in [0.4, 0.5) is 10.5 Å². The number of hydrogen-bond donors (Lipinski definition) is 4. The number of benzene rings is 2. The summed E-state index contributed by atoms with van der Waals surface area (Å²) < 4.78 is 62.2. The maximum absolute atomic E-state index is 15.3. The van der Waals surface area contributed by atoms with Gasteiger partial charge in [-0.2, -0.15) is 4.31 Å². The Morgan fingerprint density at radius 2 is 1.66 bits per heavy atom. The first kappa shape index (κ1) is 44.9. The molecule has 0 saturated carbocycles. The van der Waals surface area contributed by atoms with E-state index >= 15 is 8.42 Å². The Balaban J connectivity index is -0.00000000112. The zero-order valence-electron chi connectivity index (χ0n) is 34.1. The Morgan fingerprint density at radius 1 is 1.06 bits per heavy atom. The minimum Gasteiger partial charge on any atom is -0.443 e. The van der Waals surface area contributed by atoms with Crippen LogP contribution in [0.25, 0.3) is 0 Å². The van der Waals surface area contributed by atoms with Crippen molar-refractivity contribution in [3.63, 3.8) is 0 Å². The molecule has 0 radical (unpaired) electrons. The number of carbonyl (C=O) groups excluding carboxylic acids is 1. The first-order valence-electron chi connectivity index (χ1n) is 18.5. The number of amides is 1. The van der Waals surface area contributed by atoms with Crippen LogP contribution < -0.4 is 10.6 Å². The van der Waals surface area contributed by atoms with Gasteiger partial charge < -0.3 is 29.9 Å². The van der Waals surface area contributed by atoms with Crippen molar-refractivity contribution in [3.8, 4) is 0 Å². The summed E-state index contributed by atoms with van der Waals surface area (Å²) in [5.41, 5.74) is 0.524. The second-order valence-corrected chi connectivity index (χ2v) is 19.6. The number of nitrogens with one attached hydrogen (secondary N) is 2. The fourth-order valence-corrected chi connectivity index (χ4v) is 11.2. The summed E-state index contributed by atoms with van der Waals surface area (Å²) in [7, 11) is -7.96. The molecule has 14 heteroatoms. The number of carbonyl (C=O) groups is 1. The summed E-state index contributed by atoms with van der Waals surface area (Å²) in [4.78, 5) is 35.0. The van der Waals surface area contributed by atoms with Crippen molar-refractivity contribution >= 4 is 29.6 Å². The average molecular weight is 1120 g/mol. The number of anilines is 1. The van der Waals surface area contributed by atoms with Gasteiger partial charge in [-0.3, -0.25) is 4.52 Å². The van der Waals surface area contributed by atoms with Gasteiger partial charge in [0.2, 0.25) is 10.0 Å². The third-order valence-corrected chi connectivity index (χ3v) is 14.2. The van der Waals surface area contributed by atoms with E-state index in [0.717, 1.165) is 22.4 Å². The van der Waals surface area contributed by atoms with Crippen LogP contribution in [0.1, 0.15) is 347 Å². The summed E-state index contributed by atoms with van der Waals surface area (Å²) in [5, 5.41) is 6.05. The lowest BCUT2D eigenvalue weighted by atomic mass is 9.68. The van der Waals surface area contributed by atoms with Crippen molar-refractivity contribution in [2.45, 2.75) is 149 Å². The van der Waals surface area contributed by atoms with Gasteiger partial charge in [0.15, 0.2) is 0 Å². The fraction of sp³-hybridized carbons (Fsp3) is 0.667. The van der Waals surface area contributed by atoms with Crippen LogP contribution in [0.5, 0.6) is 0 Å². The van der Waals surface area contributed by atoms with E-state index < -0.39 is 59.7 Å². The first-order chi connectivity index (χ1) is 24.2. The molecule has 0 aromatic heterocycles. The number of rotatable bonds is 15. The predicted molar refractivity (Wildman–Crippen MR) is 561 cm³/mol. The maximum atomic E-state index is 15.3. The van der Waals surface area contributed by atoms with E-state index in [-0.39, 0.29) is 265 Å². The quantitative estimate of drug-likeness (QED) is 0.126. The second kappa shape index (κ2) is 16.7. The van der Waals surface area contributed by atoms with Crippen LogP contribution in [0.2, 0.25) is 0 Å². The standard InChI is InChI=1S/C39H64N3O9PS.166H2/c1-15-34(37(8,9)10)38(11,12)42(53(47,48)33-21-20-31(40-14)26(4)27(33)5)23-35(51-52(44,45)46)39(13,28(6)30-19-17-16-18-24(30)2)41-36(43)50-32-22-25(3)49-29(32)7;;;;;;;;;;;;;;;;;;;;;;;;;;;;;;;;;;;;;;;;;;;;;;;;;;;;;;;;;;;;;;;;;;;;;;;;;;;;;;;;;;;;;;;;;;;;;;;;;;;;;;;;;;;;;;;;;;;;;;;;;;;;;;;;;;;;;;;;;;;;;;;;;;;;;;;;;;;;;;;;;;;;;;/h16-21,25,28-29,32,34-35,40H,15,22-23H2,1-14H3,(H,41,43)(H2,44,45,46);166*1H/t25?,28?,29?,32-,34?,35+,39-;;;;;;;;;;;;;;;;;;;;;;;;;;;;;;;;;;;;;;;;;;;;;;;;;;;;;;;;;;;;;;;;;;;;;;;;;;;;;;;;;;;;;;;;;;;;;;;;;;;;;;;;;;;;;;;;;;;;;;;;;;;;;;;;;;;;;;;;;;;;;;;;;;;;;;;;;;;;;;;;;;;;;;/m0....................................................................................................................................................................../s1. The van der Waals surface area contributed by atoms with Crippen molar-refractivity contribution in [3.05, 3.63) is 58.7 Å². The van der Waals surface area contributed by atoms with Crippen LogP contribution >= 0.6 is 7.82 Å². The van der Waals surface area contributed by atoms with E-state index in [9.17, 15) is 19.1 Å². The molecule has 4 unspecified atom stereocenters. The topological polar surface area (TPSA) is 164 Å². The highest BCUT2D eigenvalue weighted by Crippen LogP contribution is 2.48. The number of nitrogens with zero attached hydrogens (tertiary/aromatic N) is 1. The largest absolute Gasteiger partial charge is 0.469 e. The highest BCUT2D eigenvalue weighted by molar-refractivity contribution is 7.89. The molecule has 1 heterocycles. The second-order valence-electron chi connectivity index (χ2n) is 16.5. The van der Waals surface area contributed by atoms with Gasteiger partial charge >= 0.3 is 13.9 Å². The number of alkyl carbamates (subject to hydrolysis) is 1. The van der Waals surface area contributed by atoms with E-state index in [1.807, 2.05) is 100 Å². The Labute approximate surface area is 564 Å². The predicted octanol–water partition coefficient (Wildman–Crippen LogP) is 48.7. The molecule has 1 fully saturated rings. The van der Waals surface area contributed by atoms with Gasteiger partial charge in [0.1, 0.15) is 12.2 Å². The molecule has 0 aliphatic carbocycles. The molecule has 2 aromatic rings.